The van der Waals surface area contributed by atoms with Gasteiger partial charge in [0.2, 0.25) is 0 Å². The topological polar surface area (TPSA) is 16.1 Å². The number of aromatic nitrogens is 1. The van der Waals surface area contributed by atoms with E-state index in [9.17, 15) is 0 Å². The molecule has 1 aliphatic heterocycles. The van der Waals surface area contributed by atoms with Gasteiger partial charge < -0.3 is 4.90 Å². The number of hydrogen-bond acceptors (Lipinski definition) is 2. The molecule has 2 aromatic rings. The zero-order valence-electron chi connectivity index (χ0n) is 9.64. The van der Waals surface area contributed by atoms with Crippen molar-refractivity contribution < 1.29 is 0 Å². The van der Waals surface area contributed by atoms with E-state index in [4.69, 9.17) is 0 Å². The summed E-state index contributed by atoms with van der Waals surface area (Å²) in [6.45, 7) is 2.26. The minimum absolute atomic E-state index is 0.687. The summed E-state index contributed by atoms with van der Waals surface area (Å²) in [4.78, 5) is 7.58. The average Bonchev–Trinajstić information content (AvgIpc) is 2.39. The Kier molecular flexibility index (Phi) is 3.02. The number of fused-ring (bicyclic) bond motifs is 1. The van der Waals surface area contributed by atoms with Gasteiger partial charge in [-0.2, -0.15) is 0 Å². The van der Waals surface area contributed by atoms with E-state index in [2.05, 4.69) is 50.1 Å². The second kappa shape index (κ2) is 4.65. The summed E-state index contributed by atoms with van der Waals surface area (Å²) in [6, 6.07) is 10.5. The van der Waals surface area contributed by atoms with Gasteiger partial charge in [0.25, 0.3) is 0 Å². The zero-order chi connectivity index (χ0) is 11.7. The van der Waals surface area contributed by atoms with Gasteiger partial charge in [-0.3, -0.25) is 4.98 Å². The molecule has 2 nitrogen and oxygen atoms in total. The number of benzene rings is 1. The van der Waals surface area contributed by atoms with Crippen LogP contribution in [0.2, 0.25) is 0 Å². The number of para-hydroxylation sites is 1. The number of pyridine rings is 1. The van der Waals surface area contributed by atoms with E-state index in [-0.39, 0.29) is 0 Å². The van der Waals surface area contributed by atoms with Gasteiger partial charge in [-0.05, 0) is 25.0 Å². The van der Waals surface area contributed by atoms with E-state index >= 15 is 0 Å². The molecule has 0 unspecified atom stereocenters. The van der Waals surface area contributed by atoms with Gasteiger partial charge in [0.15, 0.2) is 0 Å². The maximum atomic E-state index is 4.42. The summed E-state index contributed by atoms with van der Waals surface area (Å²) in [7, 11) is 0. The molecular formula is C14H15BrN2. The van der Waals surface area contributed by atoms with E-state index < -0.39 is 0 Å². The van der Waals surface area contributed by atoms with Crippen molar-refractivity contribution in [2.75, 3.05) is 18.0 Å². The summed E-state index contributed by atoms with van der Waals surface area (Å²) in [5.74, 6) is 0. The van der Waals surface area contributed by atoms with Crippen molar-refractivity contribution in [3.63, 3.8) is 0 Å². The molecule has 1 aromatic carbocycles. The van der Waals surface area contributed by atoms with Crippen molar-refractivity contribution in [2.24, 2.45) is 0 Å². The highest BCUT2D eigenvalue weighted by Gasteiger charge is 2.18. The van der Waals surface area contributed by atoms with E-state index in [1.165, 1.54) is 23.9 Å². The molecule has 0 bridgehead atoms. The van der Waals surface area contributed by atoms with Crippen LogP contribution in [0.15, 0.2) is 36.5 Å². The van der Waals surface area contributed by atoms with Gasteiger partial charge in [-0.1, -0.05) is 34.1 Å². The summed E-state index contributed by atoms with van der Waals surface area (Å²) < 4.78 is 0. The van der Waals surface area contributed by atoms with E-state index in [1.807, 2.05) is 12.3 Å². The molecule has 17 heavy (non-hydrogen) atoms. The van der Waals surface area contributed by atoms with Crippen molar-refractivity contribution in [2.45, 2.75) is 17.7 Å². The summed E-state index contributed by atoms with van der Waals surface area (Å²) in [6.07, 6.45) is 4.35. The van der Waals surface area contributed by atoms with Crippen molar-refractivity contribution >= 4 is 32.5 Å². The van der Waals surface area contributed by atoms with Gasteiger partial charge in [0.1, 0.15) is 0 Å². The Balaban J connectivity index is 2.00. The van der Waals surface area contributed by atoms with E-state index in [0.29, 0.717) is 4.83 Å². The first-order chi connectivity index (χ1) is 8.34. The molecule has 0 aliphatic carbocycles. The van der Waals surface area contributed by atoms with E-state index in [1.54, 1.807) is 0 Å². The number of alkyl halides is 1. The fourth-order valence-corrected chi connectivity index (χ4v) is 2.85. The molecule has 3 heteroatoms. The fourth-order valence-electron chi connectivity index (χ4n) is 2.45. The molecule has 0 spiro atoms. The van der Waals surface area contributed by atoms with Crippen LogP contribution in [-0.4, -0.2) is 22.9 Å². The van der Waals surface area contributed by atoms with Gasteiger partial charge in [-0.15, -0.1) is 0 Å². The number of hydrogen-bond donors (Lipinski definition) is 0. The first kappa shape index (κ1) is 11.0. The Morgan fingerprint density at radius 1 is 1.12 bits per heavy atom. The van der Waals surface area contributed by atoms with Gasteiger partial charge in [-0.25, -0.2) is 0 Å². The van der Waals surface area contributed by atoms with E-state index in [0.717, 1.165) is 18.6 Å². The van der Waals surface area contributed by atoms with Crippen molar-refractivity contribution in [3.8, 4) is 0 Å². The third kappa shape index (κ3) is 2.16. The lowest BCUT2D eigenvalue weighted by atomic mass is 10.1. The largest absolute Gasteiger partial charge is 0.371 e. The highest BCUT2D eigenvalue weighted by Crippen LogP contribution is 2.28. The molecule has 0 atom stereocenters. The van der Waals surface area contributed by atoms with Crippen LogP contribution in [0.5, 0.6) is 0 Å². The maximum Gasteiger partial charge on any atom is 0.0722 e. The number of anilines is 1. The number of halogens is 1. The highest BCUT2D eigenvalue weighted by molar-refractivity contribution is 9.09. The van der Waals surface area contributed by atoms with Crippen molar-refractivity contribution in [3.05, 3.63) is 36.5 Å². The zero-order valence-corrected chi connectivity index (χ0v) is 11.2. The normalized spacial score (nSPS) is 17.6. The number of rotatable bonds is 1. The molecule has 0 amide bonds. The van der Waals surface area contributed by atoms with Crippen LogP contribution in [0.1, 0.15) is 12.8 Å². The second-order valence-electron chi connectivity index (χ2n) is 4.51. The molecular weight excluding hydrogens is 276 g/mol. The first-order valence-electron chi connectivity index (χ1n) is 6.07. The van der Waals surface area contributed by atoms with Crippen LogP contribution in [0.4, 0.5) is 5.69 Å². The SMILES string of the molecule is BrC1CCN(c2ccnc3ccccc23)CC1. The lowest BCUT2D eigenvalue weighted by Crippen LogP contribution is -2.33. The monoisotopic (exact) mass is 290 g/mol. The Morgan fingerprint density at radius 3 is 2.71 bits per heavy atom. The quantitative estimate of drug-likeness (QED) is 0.746. The molecule has 1 aliphatic rings. The molecule has 2 heterocycles. The molecule has 88 valence electrons. The maximum absolute atomic E-state index is 4.42. The summed E-state index contributed by atoms with van der Waals surface area (Å²) in [5, 5.41) is 1.27. The van der Waals surface area contributed by atoms with Crippen molar-refractivity contribution in [1.82, 2.24) is 4.98 Å². The molecule has 1 fully saturated rings. The lowest BCUT2D eigenvalue weighted by Gasteiger charge is -2.32. The van der Waals surface area contributed by atoms with Crippen molar-refractivity contribution in [1.29, 1.82) is 0 Å². The van der Waals surface area contributed by atoms with Crippen LogP contribution in [-0.2, 0) is 0 Å². The predicted molar refractivity (Wildman–Crippen MR) is 75.9 cm³/mol. The Labute approximate surface area is 110 Å². The fraction of sp³-hybridized carbons (Fsp3) is 0.357. The third-order valence-corrected chi connectivity index (χ3v) is 4.31. The molecule has 1 saturated heterocycles. The van der Waals surface area contributed by atoms with Gasteiger partial charge >= 0.3 is 0 Å². The Morgan fingerprint density at radius 2 is 1.88 bits per heavy atom. The smallest absolute Gasteiger partial charge is 0.0722 e. The van der Waals surface area contributed by atoms with Gasteiger partial charge in [0, 0.05) is 35.2 Å². The minimum atomic E-state index is 0.687. The number of piperidine rings is 1. The second-order valence-corrected chi connectivity index (χ2v) is 5.80. The average molecular weight is 291 g/mol. The standard InChI is InChI=1S/C14H15BrN2/c15-11-6-9-17(10-7-11)14-5-8-16-13-4-2-1-3-12(13)14/h1-5,8,11H,6-7,9-10H2. The predicted octanol–water partition coefficient (Wildman–Crippen LogP) is 3.60. The minimum Gasteiger partial charge on any atom is -0.371 e. The van der Waals surface area contributed by atoms with Crippen LogP contribution < -0.4 is 4.90 Å². The van der Waals surface area contributed by atoms with Crippen LogP contribution in [0.3, 0.4) is 0 Å². The Hall–Kier alpha value is -1.09. The van der Waals surface area contributed by atoms with Crippen LogP contribution >= 0.6 is 15.9 Å². The number of nitrogens with zero attached hydrogens (tertiary/aromatic N) is 2. The van der Waals surface area contributed by atoms with Crippen LogP contribution in [0.25, 0.3) is 10.9 Å². The summed E-state index contributed by atoms with van der Waals surface area (Å²) in [5.41, 5.74) is 2.42. The third-order valence-electron chi connectivity index (χ3n) is 3.39. The molecule has 1 aromatic heterocycles. The molecule has 3 rings (SSSR count). The molecule has 0 saturated carbocycles. The first-order valence-corrected chi connectivity index (χ1v) is 6.99. The Bertz CT molecular complexity index is 513. The lowest BCUT2D eigenvalue weighted by molar-refractivity contribution is 0.598. The van der Waals surface area contributed by atoms with Crippen LogP contribution in [0, 0.1) is 0 Å². The molecule has 0 radical (unpaired) electrons. The summed E-state index contributed by atoms with van der Waals surface area (Å²) >= 11 is 3.70. The highest BCUT2D eigenvalue weighted by atomic mass is 79.9. The molecule has 0 N–H and O–H groups in total. The van der Waals surface area contributed by atoms with Gasteiger partial charge in [0.05, 0.1) is 5.52 Å².